The lowest BCUT2D eigenvalue weighted by atomic mass is 10.2. The molecule has 0 unspecified atom stereocenters. The molecule has 0 aliphatic carbocycles. The number of esters is 1. The zero-order valence-corrected chi connectivity index (χ0v) is 15.8. The molecule has 2 rings (SSSR count). The van der Waals surface area contributed by atoms with E-state index in [2.05, 4.69) is 5.32 Å². The summed E-state index contributed by atoms with van der Waals surface area (Å²) in [7, 11) is 0. The monoisotopic (exact) mass is 408 g/mol. The van der Waals surface area contributed by atoms with Crippen LogP contribution < -0.4 is 5.32 Å². The number of nitro benzene ring substituents is 1. The molecule has 1 N–H and O–H groups in total. The summed E-state index contributed by atoms with van der Waals surface area (Å²) >= 11 is 7.42. The number of benzene rings is 2. The molecule has 2 aromatic carbocycles. The number of halogens is 1. The maximum Gasteiger partial charge on any atom is 0.345 e. The molecule has 0 aromatic heterocycles. The fourth-order valence-electron chi connectivity index (χ4n) is 2.12. The minimum atomic E-state index is -0.974. The number of hydrogen-bond donors (Lipinski definition) is 1. The van der Waals surface area contributed by atoms with E-state index in [4.69, 9.17) is 16.3 Å². The van der Waals surface area contributed by atoms with Crippen LogP contribution in [0.2, 0.25) is 5.02 Å². The Hall–Kier alpha value is -2.58. The topological polar surface area (TPSA) is 98.5 Å². The van der Waals surface area contributed by atoms with Crippen LogP contribution in [0.25, 0.3) is 0 Å². The molecule has 0 atom stereocenters. The molecule has 0 aliphatic heterocycles. The quantitative estimate of drug-likeness (QED) is 0.295. The van der Waals surface area contributed by atoms with E-state index < -0.39 is 29.1 Å². The van der Waals surface area contributed by atoms with Crippen molar-refractivity contribution in [2.24, 2.45) is 0 Å². The molecule has 9 heteroatoms. The Labute approximate surface area is 165 Å². The number of nitrogens with zero attached hydrogens (tertiary/aromatic N) is 1. The van der Waals surface area contributed by atoms with Crippen molar-refractivity contribution in [2.45, 2.75) is 5.75 Å². The third-order valence-corrected chi connectivity index (χ3v) is 4.66. The third kappa shape index (κ3) is 6.92. The summed E-state index contributed by atoms with van der Waals surface area (Å²) in [6, 6.07) is 13.5. The zero-order chi connectivity index (χ0) is 19.6. The molecular formula is C18H17ClN2O5S. The molecule has 0 saturated carbocycles. The number of thioether (sulfide) groups is 1. The molecule has 0 bridgehead atoms. The molecule has 2 aromatic rings. The van der Waals surface area contributed by atoms with E-state index >= 15 is 0 Å². The van der Waals surface area contributed by atoms with Crippen LogP contribution >= 0.6 is 23.4 Å². The van der Waals surface area contributed by atoms with Crippen molar-refractivity contribution >= 4 is 40.9 Å². The van der Waals surface area contributed by atoms with Crippen LogP contribution in [0.3, 0.4) is 0 Å². The normalized spacial score (nSPS) is 10.3. The first kappa shape index (κ1) is 20.7. The second-order valence-corrected chi connectivity index (χ2v) is 6.92. The lowest BCUT2D eigenvalue weighted by Crippen LogP contribution is -2.30. The smallest absolute Gasteiger partial charge is 0.345 e. The van der Waals surface area contributed by atoms with Gasteiger partial charge in [0.15, 0.2) is 6.61 Å². The van der Waals surface area contributed by atoms with Gasteiger partial charge < -0.3 is 10.1 Å². The molecule has 142 valence electrons. The summed E-state index contributed by atoms with van der Waals surface area (Å²) in [5.41, 5.74) is 0.478. The van der Waals surface area contributed by atoms with E-state index in [1.54, 1.807) is 11.8 Å². The molecule has 0 aliphatic rings. The SMILES string of the molecule is O=C(COC(=O)c1cc(Cl)ccc1[N+](=O)[O-])NCCSCc1ccccc1. The van der Waals surface area contributed by atoms with E-state index in [0.29, 0.717) is 12.3 Å². The van der Waals surface area contributed by atoms with Gasteiger partial charge in [0.25, 0.3) is 11.6 Å². The van der Waals surface area contributed by atoms with Gasteiger partial charge in [0.1, 0.15) is 5.56 Å². The minimum Gasteiger partial charge on any atom is -0.452 e. The fourth-order valence-corrected chi connectivity index (χ4v) is 3.11. The number of ether oxygens (including phenoxy) is 1. The van der Waals surface area contributed by atoms with Crippen LogP contribution in [0.15, 0.2) is 48.5 Å². The Morgan fingerprint density at radius 3 is 2.63 bits per heavy atom. The largest absolute Gasteiger partial charge is 0.452 e. The van der Waals surface area contributed by atoms with E-state index in [1.165, 1.54) is 11.6 Å². The number of nitro groups is 1. The van der Waals surface area contributed by atoms with Crippen molar-refractivity contribution in [3.63, 3.8) is 0 Å². The van der Waals surface area contributed by atoms with Crippen molar-refractivity contribution in [1.29, 1.82) is 0 Å². The fraction of sp³-hybridized carbons (Fsp3) is 0.222. The predicted octanol–water partition coefficient (Wildman–Crippen LogP) is 3.45. The van der Waals surface area contributed by atoms with Crippen LogP contribution in [0, 0.1) is 10.1 Å². The van der Waals surface area contributed by atoms with Crippen LogP contribution in [0.4, 0.5) is 5.69 Å². The average molecular weight is 409 g/mol. The number of hydrogen-bond acceptors (Lipinski definition) is 6. The standard InChI is InChI=1S/C18H17ClN2O5S/c19-14-6-7-16(21(24)25)15(10-14)18(23)26-11-17(22)20-8-9-27-12-13-4-2-1-3-5-13/h1-7,10H,8-9,11-12H2,(H,20,22). The summed E-state index contributed by atoms with van der Waals surface area (Å²) in [4.78, 5) is 34.0. The van der Waals surface area contributed by atoms with E-state index in [9.17, 15) is 19.7 Å². The second-order valence-electron chi connectivity index (χ2n) is 5.38. The molecule has 27 heavy (non-hydrogen) atoms. The van der Waals surface area contributed by atoms with E-state index in [0.717, 1.165) is 17.9 Å². The van der Waals surface area contributed by atoms with Gasteiger partial charge in [-0.1, -0.05) is 41.9 Å². The third-order valence-electron chi connectivity index (χ3n) is 3.39. The molecule has 0 fully saturated rings. The number of nitrogens with one attached hydrogen (secondary N) is 1. The van der Waals surface area contributed by atoms with Gasteiger partial charge in [-0.2, -0.15) is 11.8 Å². The lowest BCUT2D eigenvalue weighted by Gasteiger charge is -2.07. The summed E-state index contributed by atoms with van der Waals surface area (Å²) < 4.78 is 4.84. The molecule has 0 saturated heterocycles. The second kappa shape index (κ2) is 10.5. The number of carbonyl (C=O) groups is 2. The first-order valence-electron chi connectivity index (χ1n) is 7.97. The molecule has 1 amide bonds. The molecule has 7 nitrogen and oxygen atoms in total. The Kier molecular flexibility index (Phi) is 8.09. The van der Waals surface area contributed by atoms with Crippen LogP contribution in [-0.2, 0) is 15.3 Å². The molecule has 0 spiro atoms. The van der Waals surface area contributed by atoms with Gasteiger partial charge in [0.2, 0.25) is 0 Å². The van der Waals surface area contributed by atoms with Gasteiger partial charge in [-0.3, -0.25) is 14.9 Å². The maximum atomic E-state index is 12.0. The highest BCUT2D eigenvalue weighted by molar-refractivity contribution is 7.98. The highest BCUT2D eigenvalue weighted by Gasteiger charge is 2.22. The summed E-state index contributed by atoms with van der Waals surface area (Å²) in [5.74, 6) is 0.0875. The Balaban J connectivity index is 1.71. The zero-order valence-electron chi connectivity index (χ0n) is 14.2. The van der Waals surface area contributed by atoms with Gasteiger partial charge in [-0.25, -0.2) is 4.79 Å². The van der Waals surface area contributed by atoms with Gasteiger partial charge in [-0.05, 0) is 17.7 Å². The number of carbonyl (C=O) groups excluding carboxylic acids is 2. The van der Waals surface area contributed by atoms with Gasteiger partial charge in [0, 0.05) is 29.1 Å². The van der Waals surface area contributed by atoms with Gasteiger partial charge in [0.05, 0.1) is 4.92 Å². The van der Waals surface area contributed by atoms with Crippen LogP contribution in [0.1, 0.15) is 15.9 Å². The van der Waals surface area contributed by atoms with E-state index in [1.807, 2.05) is 30.3 Å². The van der Waals surface area contributed by atoms with Crippen molar-refractivity contribution < 1.29 is 19.2 Å². The maximum absolute atomic E-state index is 12.0. The average Bonchev–Trinajstić information content (AvgIpc) is 2.66. The Morgan fingerprint density at radius 2 is 1.93 bits per heavy atom. The van der Waals surface area contributed by atoms with Gasteiger partial charge in [-0.15, -0.1) is 0 Å². The molecular weight excluding hydrogens is 392 g/mol. The predicted molar refractivity (Wildman–Crippen MR) is 104 cm³/mol. The van der Waals surface area contributed by atoms with Crippen molar-refractivity contribution in [1.82, 2.24) is 5.32 Å². The summed E-state index contributed by atoms with van der Waals surface area (Å²) in [5, 5.41) is 13.7. The van der Waals surface area contributed by atoms with Crippen LogP contribution in [-0.4, -0.2) is 35.7 Å². The summed E-state index contributed by atoms with van der Waals surface area (Å²) in [6.45, 7) is -0.100. The number of rotatable bonds is 9. The number of amides is 1. The van der Waals surface area contributed by atoms with E-state index in [-0.39, 0.29) is 10.6 Å². The van der Waals surface area contributed by atoms with Gasteiger partial charge >= 0.3 is 5.97 Å². The van der Waals surface area contributed by atoms with Crippen molar-refractivity contribution in [3.8, 4) is 0 Å². The molecule has 0 radical (unpaired) electrons. The molecule has 0 heterocycles. The minimum absolute atomic E-state index is 0.160. The highest BCUT2D eigenvalue weighted by atomic mass is 35.5. The Bertz CT molecular complexity index is 817. The first-order valence-corrected chi connectivity index (χ1v) is 9.50. The van der Waals surface area contributed by atoms with Crippen molar-refractivity contribution in [3.05, 3.63) is 74.8 Å². The summed E-state index contributed by atoms with van der Waals surface area (Å²) in [6.07, 6.45) is 0. The van der Waals surface area contributed by atoms with Crippen LogP contribution in [0.5, 0.6) is 0 Å². The van der Waals surface area contributed by atoms with Crippen molar-refractivity contribution in [2.75, 3.05) is 18.9 Å². The Morgan fingerprint density at radius 1 is 1.19 bits per heavy atom. The first-order chi connectivity index (χ1) is 13.0. The highest BCUT2D eigenvalue weighted by Crippen LogP contribution is 2.23. The lowest BCUT2D eigenvalue weighted by molar-refractivity contribution is -0.385.